The monoisotopic (exact) mass is 287 g/mol. The summed E-state index contributed by atoms with van der Waals surface area (Å²) in [6.07, 6.45) is 3.77. The van der Waals surface area contributed by atoms with E-state index >= 15 is 0 Å². The molecule has 1 fully saturated rings. The molecule has 0 aliphatic carbocycles. The van der Waals surface area contributed by atoms with Gasteiger partial charge in [-0.05, 0) is 30.9 Å². The predicted octanol–water partition coefficient (Wildman–Crippen LogP) is 1.87. The van der Waals surface area contributed by atoms with Crippen LogP contribution in [0, 0.1) is 5.92 Å². The van der Waals surface area contributed by atoms with E-state index in [4.69, 9.17) is 0 Å². The van der Waals surface area contributed by atoms with Crippen LogP contribution >= 0.6 is 0 Å². The van der Waals surface area contributed by atoms with Crippen LogP contribution in [0.25, 0.3) is 0 Å². The van der Waals surface area contributed by atoms with Crippen molar-refractivity contribution < 1.29 is 9.59 Å². The number of nitrogens with one attached hydrogen (secondary N) is 1. The molecule has 112 valence electrons. The molecule has 0 saturated carbocycles. The summed E-state index contributed by atoms with van der Waals surface area (Å²) in [5.74, 6) is 0.123. The van der Waals surface area contributed by atoms with Crippen LogP contribution < -0.4 is 5.32 Å². The van der Waals surface area contributed by atoms with Gasteiger partial charge in [-0.15, -0.1) is 6.58 Å². The Morgan fingerprint density at radius 3 is 2.95 bits per heavy atom. The molecule has 1 N–H and O–H groups in total. The van der Waals surface area contributed by atoms with E-state index < -0.39 is 0 Å². The fourth-order valence-electron chi connectivity index (χ4n) is 2.47. The second-order valence-electron chi connectivity index (χ2n) is 5.41. The molecule has 5 heteroatoms. The van der Waals surface area contributed by atoms with E-state index in [2.05, 4.69) is 23.8 Å². The molecule has 0 aromatic carbocycles. The van der Waals surface area contributed by atoms with Gasteiger partial charge in [0.05, 0.1) is 0 Å². The largest absolute Gasteiger partial charge is 0.347 e. The van der Waals surface area contributed by atoms with E-state index in [0.717, 1.165) is 25.9 Å². The highest BCUT2D eigenvalue weighted by Gasteiger charge is 2.23. The highest BCUT2D eigenvalue weighted by molar-refractivity contribution is 5.96. The van der Waals surface area contributed by atoms with Crippen molar-refractivity contribution in [2.75, 3.05) is 19.6 Å². The zero-order valence-corrected chi connectivity index (χ0v) is 12.3. The number of hydrogen-bond donors (Lipinski definition) is 1. The third-order valence-electron chi connectivity index (χ3n) is 3.55. The number of likely N-dealkylation sites (tertiary alicyclic amines) is 1. The Balaban J connectivity index is 2.11. The smallest absolute Gasteiger partial charge is 0.272 e. The maximum Gasteiger partial charge on any atom is 0.272 e. The molecule has 0 bridgehead atoms. The fourth-order valence-corrected chi connectivity index (χ4v) is 2.47. The number of carbonyl (C=O) groups excluding carboxylic acids is 2. The molecule has 1 atom stereocenters. The Morgan fingerprint density at radius 2 is 2.24 bits per heavy atom. The Morgan fingerprint density at radius 1 is 1.48 bits per heavy atom. The van der Waals surface area contributed by atoms with Crippen LogP contribution in [0.15, 0.2) is 30.9 Å². The van der Waals surface area contributed by atoms with E-state index in [9.17, 15) is 9.59 Å². The fraction of sp³-hybridized carbons (Fsp3) is 0.438. The summed E-state index contributed by atoms with van der Waals surface area (Å²) < 4.78 is 0. The van der Waals surface area contributed by atoms with Crippen LogP contribution in [0.3, 0.4) is 0 Å². The minimum absolute atomic E-state index is 0.0973. The molecule has 21 heavy (non-hydrogen) atoms. The average Bonchev–Trinajstić information content (AvgIpc) is 2.52. The molecule has 1 unspecified atom stereocenters. The summed E-state index contributed by atoms with van der Waals surface area (Å²) in [7, 11) is 0. The Bertz CT molecular complexity index is 542. The number of hydrogen-bond acceptors (Lipinski definition) is 3. The maximum atomic E-state index is 12.4. The van der Waals surface area contributed by atoms with Crippen molar-refractivity contribution in [1.82, 2.24) is 15.2 Å². The molecule has 2 amide bonds. The summed E-state index contributed by atoms with van der Waals surface area (Å²) >= 11 is 0. The van der Waals surface area contributed by atoms with E-state index in [1.807, 2.05) is 4.90 Å². The van der Waals surface area contributed by atoms with Crippen LogP contribution in [0.5, 0.6) is 0 Å². The minimum atomic E-state index is -0.295. The molecule has 1 aliphatic heterocycles. The van der Waals surface area contributed by atoms with Crippen molar-refractivity contribution in [3.63, 3.8) is 0 Å². The van der Waals surface area contributed by atoms with Crippen molar-refractivity contribution in [2.45, 2.75) is 19.8 Å². The molecule has 2 heterocycles. The number of nitrogens with zero attached hydrogens (tertiary/aromatic N) is 2. The van der Waals surface area contributed by atoms with Crippen LogP contribution in [-0.2, 0) is 0 Å². The van der Waals surface area contributed by atoms with Gasteiger partial charge in [-0.2, -0.15) is 0 Å². The number of piperidine rings is 1. The lowest BCUT2D eigenvalue weighted by Gasteiger charge is -2.30. The second-order valence-corrected chi connectivity index (χ2v) is 5.41. The normalized spacial score (nSPS) is 18.1. The van der Waals surface area contributed by atoms with Crippen LogP contribution in [0.4, 0.5) is 0 Å². The van der Waals surface area contributed by atoms with Gasteiger partial charge in [-0.1, -0.05) is 19.1 Å². The van der Waals surface area contributed by atoms with Gasteiger partial charge < -0.3 is 10.2 Å². The lowest BCUT2D eigenvalue weighted by molar-refractivity contribution is 0.0677. The molecule has 0 radical (unpaired) electrons. The molecule has 1 saturated heterocycles. The third kappa shape index (κ3) is 3.90. The number of carbonyl (C=O) groups is 2. The first-order valence-corrected chi connectivity index (χ1v) is 7.27. The topological polar surface area (TPSA) is 62.3 Å². The first kappa shape index (κ1) is 15.2. The lowest BCUT2D eigenvalue weighted by Crippen LogP contribution is -2.39. The van der Waals surface area contributed by atoms with E-state index in [1.54, 1.807) is 24.3 Å². The summed E-state index contributed by atoms with van der Waals surface area (Å²) in [5.41, 5.74) is 0.586. The molecule has 0 spiro atoms. The Labute approximate surface area is 125 Å². The van der Waals surface area contributed by atoms with Crippen LogP contribution in [-0.4, -0.2) is 41.3 Å². The van der Waals surface area contributed by atoms with Crippen molar-refractivity contribution in [1.29, 1.82) is 0 Å². The highest BCUT2D eigenvalue weighted by Crippen LogP contribution is 2.17. The summed E-state index contributed by atoms with van der Waals surface area (Å²) in [5, 5.41) is 2.66. The van der Waals surface area contributed by atoms with Gasteiger partial charge in [0.2, 0.25) is 0 Å². The Kier molecular flexibility index (Phi) is 5.09. The molecule has 2 rings (SSSR count). The number of aromatic nitrogens is 1. The predicted molar refractivity (Wildman–Crippen MR) is 81.1 cm³/mol. The zero-order valence-electron chi connectivity index (χ0n) is 12.3. The van der Waals surface area contributed by atoms with Gasteiger partial charge in [0.1, 0.15) is 11.4 Å². The summed E-state index contributed by atoms with van der Waals surface area (Å²) in [6.45, 7) is 7.59. The molecule has 1 aliphatic rings. The van der Waals surface area contributed by atoms with E-state index in [1.165, 1.54) is 0 Å². The first-order chi connectivity index (χ1) is 10.1. The van der Waals surface area contributed by atoms with E-state index in [0.29, 0.717) is 18.2 Å². The summed E-state index contributed by atoms with van der Waals surface area (Å²) in [4.78, 5) is 30.3. The van der Waals surface area contributed by atoms with Crippen molar-refractivity contribution in [3.8, 4) is 0 Å². The number of amides is 2. The SMILES string of the molecule is C=CCNC(=O)c1cccc(C(=O)N2CCCC(C)C2)n1. The van der Waals surface area contributed by atoms with Gasteiger partial charge in [0.25, 0.3) is 11.8 Å². The van der Waals surface area contributed by atoms with Crippen molar-refractivity contribution in [3.05, 3.63) is 42.2 Å². The average molecular weight is 287 g/mol. The molecular weight excluding hydrogens is 266 g/mol. The lowest BCUT2D eigenvalue weighted by atomic mass is 10.00. The molecule has 1 aromatic heterocycles. The first-order valence-electron chi connectivity index (χ1n) is 7.27. The van der Waals surface area contributed by atoms with Gasteiger partial charge in [0, 0.05) is 19.6 Å². The third-order valence-corrected chi connectivity index (χ3v) is 3.55. The van der Waals surface area contributed by atoms with Gasteiger partial charge in [-0.3, -0.25) is 9.59 Å². The van der Waals surface area contributed by atoms with Gasteiger partial charge >= 0.3 is 0 Å². The van der Waals surface area contributed by atoms with Crippen LogP contribution in [0.1, 0.15) is 40.7 Å². The van der Waals surface area contributed by atoms with Crippen LogP contribution in [0.2, 0.25) is 0 Å². The Hall–Kier alpha value is -2.17. The minimum Gasteiger partial charge on any atom is -0.347 e. The van der Waals surface area contributed by atoms with Crippen molar-refractivity contribution >= 4 is 11.8 Å². The quantitative estimate of drug-likeness (QED) is 0.860. The number of rotatable bonds is 4. The van der Waals surface area contributed by atoms with Crippen molar-refractivity contribution in [2.24, 2.45) is 5.92 Å². The van der Waals surface area contributed by atoms with E-state index in [-0.39, 0.29) is 17.5 Å². The number of pyridine rings is 1. The highest BCUT2D eigenvalue weighted by atomic mass is 16.2. The molecule has 5 nitrogen and oxygen atoms in total. The van der Waals surface area contributed by atoms with Gasteiger partial charge in [0.15, 0.2) is 0 Å². The molecule has 1 aromatic rings. The standard InChI is InChI=1S/C16H21N3O2/c1-3-9-17-15(20)13-7-4-8-14(18-13)16(21)19-10-5-6-12(2)11-19/h3-4,7-8,12H,1,5-6,9-11H2,2H3,(H,17,20). The van der Waals surface area contributed by atoms with Gasteiger partial charge in [-0.25, -0.2) is 4.98 Å². The molecular formula is C16H21N3O2. The zero-order chi connectivity index (χ0) is 15.2. The maximum absolute atomic E-state index is 12.4. The second kappa shape index (κ2) is 7.02. The summed E-state index contributed by atoms with van der Waals surface area (Å²) in [6, 6.07) is 4.95.